The van der Waals surface area contributed by atoms with Crippen molar-refractivity contribution in [2.45, 2.75) is 51.0 Å². The number of hydrogen-bond donors (Lipinski definition) is 0. The van der Waals surface area contributed by atoms with Crippen LogP contribution >= 0.6 is 11.6 Å². The van der Waals surface area contributed by atoms with Crippen LogP contribution in [0.5, 0.6) is 0 Å². The third-order valence-corrected chi connectivity index (χ3v) is 4.73. The highest BCUT2D eigenvalue weighted by Gasteiger charge is 2.22. The molecule has 0 unspecified atom stereocenters. The van der Waals surface area contributed by atoms with Crippen LogP contribution in [0.2, 0.25) is 5.15 Å². The highest BCUT2D eigenvalue weighted by Crippen LogP contribution is 2.27. The van der Waals surface area contributed by atoms with E-state index in [1.54, 1.807) is 0 Å². The molecule has 1 aromatic heterocycles. The van der Waals surface area contributed by atoms with E-state index in [-0.39, 0.29) is 0 Å². The zero-order chi connectivity index (χ0) is 13.9. The fourth-order valence-electron chi connectivity index (χ4n) is 3.29. The van der Waals surface area contributed by atoms with Gasteiger partial charge in [0.25, 0.3) is 0 Å². The van der Waals surface area contributed by atoms with E-state index >= 15 is 0 Å². The fourth-order valence-corrected chi connectivity index (χ4v) is 3.46. The normalized spacial score (nSPS) is 20.4. The lowest BCUT2D eigenvalue weighted by molar-refractivity contribution is 0.424. The second-order valence-electron chi connectivity index (χ2n) is 5.95. The first-order chi connectivity index (χ1) is 9.74. The molecule has 1 aliphatic carbocycles. The Morgan fingerprint density at radius 2 is 1.80 bits per heavy atom. The van der Waals surface area contributed by atoms with Gasteiger partial charge in [-0.3, -0.25) is 0 Å². The Morgan fingerprint density at radius 3 is 2.50 bits per heavy atom. The second kappa shape index (κ2) is 6.17. The number of hydrogen-bond acceptors (Lipinski definition) is 4. The Morgan fingerprint density at radius 1 is 1.10 bits per heavy atom. The summed E-state index contributed by atoms with van der Waals surface area (Å²) in [5, 5.41) is 0.555. The van der Waals surface area contributed by atoms with Gasteiger partial charge in [0.1, 0.15) is 11.0 Å². The standard InChI is InChI=1S/C15H23ClN4/c1-19(12-7-3-2-4-8-12)15-17-13(16)11-14(18-15)20-9-5-6-10-20/h11-12H,2-10H2,1H3. The smallest absolute Gasteiger partial charge is 0.228 e. The molecule has 5 heteroatoms. The molecule has 0 amide bonds. The molecule has 2 heterocycles. The van der Waals surface area contributed by atoms with Crippen LogP contribution in [0.1, 0.15) is 44.9 Å². The van der Waals surface area contributed by atoms with Gasteiger partial charge in [-0.2, -0.15) is 4.98 Å². The molecule has 2 aliphatic rings. The molecule has 4 nitrogen and oxygen atoms in total. The maximum absolute atomic E-state index is 6.21. The van der Waals surface area contributed by atoms with Gasteiger partial charge in [-0.15, -0.1) is 0 Å². The Bertz CT molecular complexity index is 453. The zero-order valence-electron chi connectivity index (χ0n) is 12.2. The SMILES string of the molecule is CN(c1nc(Cl)cc(N2CCCC2)n1)C1CCCCC1. The first kappa shape index (κ1) is 13.9. The van der Waals surface area contributed by atoms with Crippen molar-refractivity contribution in [3.05, 3.63) is 11.2 Å². The number of rotatable bonds is 3. The van der Waals surface area contributed by atoms with Crippen molar-refractivity contribution >= 4 is 23.4 Å². The van der Waals surface area contributed by atoms with Gasteiger partial charge in [-0.05, 0) is 25.7 Å². The van der Waals surface area contributed by atoms with Crippen molar-refractivity contribution in [2.75, 3.05) is 29.9 Å². The maximum Gasteiger partial charge on any atom is 0.228 e. The monoisotopic (exact) mass is 294 g/mol. The van der Waals surface area contributed by atoms with E-state index in [2.05, 4.69) is 21.8 Å². The quantitative estimate of drug-likeness (QED) is 0.799. The average Bonchev–Trinajstić information content (AvgIpc) is 3.01. The third-order valence-electron chi connectivity index (χ3n) is 4.54. The van der Waals surface area contributed by atoms with Gasteiger partial charge in [0.2, 0.25) is 5.95 Å². The minimum absolute atomic E-state index is 0.555. The predicted molar refractivity (Wildman–Crippen MR) is 83.8 cm³/mol. The Kier molecular flexibility index (Phi) is 4.29. The molecule has 1 aliphatic heterocycles. The van der Waals surface area contributed by atoms with Crippen LogP contribution < -0.4 is 9.80 Å². The van der Waals surface area contributed by atoms with Gasteiger partial charge in [-0.1, -0.05) is 30.9 Å². The van der Waals surface area contributed by atoms with E-state index in [1.807, 2.05) is 6.07 Å². The van der Waals surface area contributed by atoms with Crippen LogP contribution in [0.4, 0.5) is 11.8 Å². The van der Waals surface area contributed by atoms with E-state index in [9.17, 15) is 0 Å². The highest BCUT2D eigenvalue weighted by molar-refractivity contribution is 6.29. The average molecular weight is 295 g/mol. The van der Waals surface area contributed by atoms with E-state index in [0.717, 1.165) is 24.9 Å². The van der Waals surface area contributed by atoms with Crippen molar-refractivity contribution in [3.8, 4) is 0 Å². The van der Waals surface area contributed by atoms with Crippen LogP contribution in [0.15, 0.2) is 6.07 Å². The van der Waals surface area contributed by atoms with Crippen molar-refractivity contribution in [2.24, 2.45) is 0 Å². The van der Waals surface area contributed by atoms with E-state index < -0.39 is 0 Å². The number of aromatic nitrogens is 2. The Balaban J connectivity index is 1.80. The Labute approximate surface area is 126 Å². The molecule has 0 bridgehead atoms. The largest absolute Gasteiger partial charge is 0.356 e. The third kappa shape index (κ3) is 3.00. The molecule has 0 N–H and O–H groups in total. The first-order valence-corrected chi connectivity index (χ1v) is 8.14. The van der Waals surface area contributed by atoms with Crippen LogP contribution in [-0.4, -0.2) is 36.1 Å². The topological polar surface area (TPSA) is 32.3 Å². The van der Waals surface area contributed by atoms with Crippen molar-refractivity contribution < 1.29 is 0 Å². The Hall–Kier alpha value is -1.03. The summed E-state index contributed by atoms with van der Waals surface area (Å²) in [6, 6.07) is 2.46. The van der Waals surface area contributed by atoms with Crippen LogP contribution in [0, 0.1) is 0 Å². The maximum atomic E-state index is 6.21. The van der Waals surface area contributed by atoms with E-state index in [4.69, 9.17) is 16.6 Å². The molecule has 2 fully saturated rings. The van der Waals surface area contributed by atoms with Crippen molar-refractivity contribution in [1.82, 2.24) is 9.97 Å². The second-order valence-corrected chi connectivity index (χ2v) is 6.33. The summed E-state index contributed by atoms with van der Waals surface area (Å²) in [6.45, 7) is 2.17. The summed E-state index contributed by atoms with van der Waals surface area (Å²) in [5.74, 6) is 1.77. The molecule has 0 spiro atoms. The summed E-state index contributed by atoms with van der Waals surface area (Å²) in [5.41, 5.74) is 0. The van der Waals surface area contributed by atoms with Crippen LogP contribution in [0.25, 0.3) is 0 Å². The molecule has 110 valence electrons. The molecule has 1 saturated carbocycles. The predicted octanol–water partition coefficient (Wildman–Crippen LogP) is 3.50. The molecule has 1 saturated heterocycles. The van der Waals surface area contributed by atoms with Gasteiger partial charge in [0.15, 0.2) is 0 Å². The lowest BCUT2D eigenvalue weighted by atomic mass is 9.95. The molecule has 0 atom stereocenters. The lowest BCUT2D eigenvalue weighted by Crippen LogP contribution is -2.35. The van der Waals surface area contributed by atoms with Gasteiger partial charge in [0.05, 0.1) is 0 Å². The summed E-state index contributed by atoms with van der Waals surface area (Å²) in [6.07, 6.45) is 8.96. The zero-order valence-corrected chi connectivity index (χ0v) is 12.9. The molecule has 0 radical (unpaired) electrons. The molecule has 3 rings (SSSR count). The minimum atomic E-state index is 0.555. The minimum Gasteiger partial charge on any atom is -0.356 e. The molecular weight excluding hydrogens is 272 g/mol. The molecule has 20 heavy (non-hydrogen) atoms. The van der Waals surface area contributed by atoms with E-state index in [0.29, 0.717) is 11.2 Å². The van der Waals surface area contributed by atoms with Gasteiger partial charge >= 0.3 is 0 Å². The fraction of sp³-hybridized carbons (Fsp3) is 0.733. The molecule has 0 aromatic carbocycles. The number of anilines is 2. The van der Waals surface area contributed by atoms with Gasteiger partial charge < -0.3 is 9.80 Å². The van der Waals surface area contributed by atoms with Crippen molar-refractivity contribution in [3.63, 3.8) is 0 Å². The molecule has 1 aromatic rings. The summed E-state index contributed by atoms with van der Waals surface area (Å²) < 4.78 is 0. The summed E-state index contributed by atoms with van der Waals surface area (Å²) in [4.78, 5) is 13.7. The van der Waals surface area contributed by atoms with E-state index in [1.165, 1.54) is 44.9 Å². The first-order valence-electron chi connectivity index (χ1n) is 7.76. The van der Waals surface area contributed by atoms with Gasteiger partial charge in [-0.25, -0.2) is 4.98 Å². The lowest BCUT2D eigenvalue weighted by Gasteiger charge is -2.31. The number of nitrogens with zero attached hydrogens (tertiary/aromatic N) is 4. The van der Waals surface area contributed by atoms with Crippen LogP contribution in [0.3, 0.4) is 0 Å². The van der Waals surface area contributed by atoms with Crippen LogP contribution in [-0.2, 0) is 0 Å². The highest BCUT2D eigenvalue weighted by atomic mass is 35.5. The van der Waals surface area contributed by atoms with Gasteiger partial charge in [0, 0.05) is 32.2 Å². The summed E-state index contributed by atoms with van der Waals surface area (Å²) >= 11 is 6.21. The number of halogens is 1. The molecular formula is C15H23ClN4. The summed E-state index contributed by atoms with van der Waals surface area (Å²) in [7, 11) is 2.11. The van der Waals surface area contributed by atoms with Crippen molar-refractivity contribution in [1.29, 1.82) is 0 Å².